The van der Waals surface area contributed by atoms with Crippen molar-refractivity contribution in [1.82, 2.24) is 14.3 Å². The van der Waals surface area contributed by atoms with Crippen LogP contribution in [-0.4, -0.2) is 47.7 Å². The van der Waals surface area contributed by atoms with Crippen molar-refractivity contribution in [3.05, 3.63) is 59.1 Å². The molecule has 0 saturated heterocycles. The van der Waals surface area contributed by atoms with Crippen molar-refractivity contribution in [2.75, 3.05) is 20.6 Å². The van der Waals surface area contributed by atoms with Gasteiger partial charge in [-0.3, -0.25) is 4.79 Å². The number of carbonyl (C=O) groups excluding carboxylic acids is 1. The maximum atomic E-state index is 12.3. The van der Waals surface area contributed by atoms with Crippen LogP contribution in [0.25, 0.3) is 0 Å². The van der Waals surface area contributed by atoms with Crippen molar-refractivity contribution in [3.8, 4) is 0 Å². The lowest BCUT2D eigenvalue weighted by Gasteiger charge is -2.16. The largest absolute Gasteiger partial charge is 0.350 e. The minimum Gasteiger partial charge on any atom is -0.350 e. The van der Waals surface area contributed by atoms with Crippen LogP contribution >= 0.6 is 11.6 Å². The maximum absolute atomic E-state index is 12.3. The summed E-state index contributed by atoms with van der Waals surface area (Å²) in [6, 6.07) is 11.9. The zero-order valence-corrected chi connectivity index (χ0v) is 19.2. The number of hydrogen-bond acceptors (Lipinski definition) is 5. The highest BCUT2D eigenvalue weighted by molar-refractivity contribution is 7.89. The average molecular weight is 474 g/mol. The van der Waals surface area contributed by atoms with Crippen molar-refractivity contribution < 1.29 is 21.6 Å². The predicted molar refractivity (Wildman–Crippen MR) is 115 cm³/mol. The van der Waals surface area contributed by atoms with E-state index in [-0.39, 0.29) is 39.7 Å². The average Bonchev–Trinajstić information content (AvgIpc) is 2.68. The Hall–Kier alpha value is -1.98. The van der Waals surface area contributed by atoms with Crippen LogP contribution in [-0.2, 0) is 24.8 Å². The summed E-state index contributed by atoms with van der Waals surface area (Å²) in [7, 11) is -4.44. The summed E-state index contributed by atoms with van der Waals surface area (Å²) < 4.78 is 52.2. The van der Waals surface area contributed by atoms with E-state index in [9.17, 15) is 21.6 Å². The lowest BCUT2D eigenvalue weighted by atomic mass is 10.1. The van der Waals surface area contributed by atoms with Crippen molar-refractivity contribution in [3.63, 3.8) is 0 Å². The fourth-order valence-corrected chi connectivity index (χ4v) is 5.03. The Labute approximate surface area is 182 Å². The quantitative estimate of drug-likeness (QED) is 0.579. The zero-order chi connectivity index (χ0) is 22.5. The van der Waals surface area contributed by atoms with Crippen LogP contribution in [0.1, 0.15) is 24.9 Å². The summed E-state index contributed by atoms with van der Waals surface area (Å²) in [5.41, 5.74) is 0.720. The third-order valence-corrected chi connectivity index (χ3v) is 8.10. The lowest BCUT2D eigenvalue weighted by molar-refractivity contribution is -0.121. The highest BCUT2D eigenvalue weighted by Crippen LogP contribution is 2.20. The molecular weight excluding hydrogens is 450 g/mol. The Kier molecular flexibility index (Phi) is 8.00. The van der Waals surface area contributed by atoms with Gasteiger partial charge in [-0.05, 0) is 36.8 Å². The molecule has 0 aromatic heterocycles. The molecule has 2 N–H and O–H groups in total. The van der Waals surface area contributed by atoms with E-state index >= 15 is 0 Å². The zero-order valence-electron chi connectivity index (χ0n) is 16.8. The van der Waals surface area contributed by atoms with E-state index in [1.807, 2.05) is 0 Å². The van der Waals surface area contributed by atoms with Gasteiger partial charge in [0.1, 0.15) is 4.90 Å². The summed E-state index contributed by atoms with van der Waals surface area (Å²) in [5, 5.41) is 2.85. The molecule has 30 heavy (non-hydrogen) atoms. The van der Waals surface area contributed by atoms with E-state index in [0.29, 0.717) is 0 Å². The molecule has 11 heteroatoms. The van der Waals surface area contributed by atoms with Crippen molar-refractivity contribution in [1.29, 1.82) is 0 Å². The first-order valence-electron chi connectivity index (χ1n) is 9.01. The molecule has 0 saturated carbocycles. The first kappa shape index (κ1) is 24.3. The van der Waals surface area contributed by atoms with Crippen molar-refractivity contribution >= 4 is 37.6 Å². The molecule has 1 atom stereocenters. The second-order valence-electron chi connectivity index (χ2n) is 6.72. The smallest absolute Gasteiger partial charge is 0.242 e. The van der Waals surface area contributed by atoms with Gasteiger partial charge in [0.25, 0.3) is 0 Å². The SMILES string of the molecule is CC(NC(=O)CCNS(=O)(=O)c1ccccc1Cl)c1ccc(S(=O)(=O)N(C)C)cc1. The first-order chi connectivity index (χ1) is 13.9. The molecule has 0 aliphatic heterocycles. The summed E-state index contributed by atoms with van der Waals surface area (Å²) in [6.07, 6.45) is -0.0683. The number of hydrogen-bond donors (Lipinski definition) is 2. The van der Waals surface area contributed by atoms with E-state index < -0.39 is 20.0 Å². The van der Waals surface area contributed by atoms with E-state index in [1.54, 1.807) is 31.2 Å². The van der Waals surface area contributed by atoms with Gasteiger partial charge in [-0.25, -0.2) is 25.9 Å². The third kappa shape index (κ3) is 6.02. The summed E-state index contributed by atoms with van der Waals surface area (Å²) in [6.45, 7) is 1.66. The van der Waals surface area contributed by atoms with Gasteiger partial charge in [0, 0.05) is 27.1 Å². The van der Waals surface area contributed by atoms with Gasteiger partial charge in [0.05, 0.1) is 16.0 Å². The molecular formula is C19H24ClN3O5S2. The van der Waals surface area contributed by atoms with Gasteiger partial charge in [-0.15, -0.1) is 0 Å². The van der Waals surface area contributed by atoms with Gasteiger partial charge in [-0.2, -0.15) is 0 Å². The number of nitrogens with one attached hydrogen (secondary N) is 2. The maximum Gasteiger partial charge on any atom is 0.242 e. The van der Waals surface area contributed by atoms with E-state index in [1.165, 1.54) is 38.4 Å². The highest BCUT2D eigenvalue weighted by Gasteiger charge is 2.19. The standard InChI is InChI=1S/C19H24ClN3O5S2/c1-14(15-8-10-16(11-9-15)30(27,28)23(2)3)22-19(24)12-13-21-29(25,26)18-7-5-4-6-17(18)20/h4-11,14,21H,12-13H2,1-3H3,(H,22,24). The van der Waals surface area contributed by atoms with Gasteiger partial charge >= 0.3 is 0 Å². The molecule has 2 aromatic carbocycles. The molecule has 0 heterocycles. The van der Waals surface area contributed by atoms with E-state index in [2.05, 4.69) is 10.0 Å². The molecule has 0 aliphatic carbocycles. The van der Waals surface area contributed by atoms with Gasteiger partial charge in [0.15, 0.2) is 0 Å². The fourth-order valence-electron chi connectivity index (χ4n) is 2.58. The number of carbonyl (C=O) groups is 1. The predicted octanol–water partition coefficient (Wildman–Crippen LogP) is 2.14. The Morgan fingerprint density at radius 3 is 2.20 bits per heavy atom. The fraction of sp³-hybridized carbons (Fsp3) is 0.316. The molecule has 2 aromatic rings. The van der Waals surface area contributed by atoms with Crippen LogP contribution in [0.4, 0.5) is 0 Å². The van der Waals surface area contributed by atoms with Crippen molar-refractivity contribution in [2.24, 2.45) is 0 Å². The number of nitrogens with zero attached hydrogens (tertiary/aromatic N) is 1. The van der Waals surface area contributed by atoms with E-state index in [0.717, 1.165) is 9.87 Å². The van der Waals surface area contributed by atoms with Crippen LogP contribution in [0.15, 0.2) is 58.3 Å². The minimum atomic E-state index is -3.82. The van der Waals surface area contributed by atoms with Crippen LogP contribution in [0.5, 0.6) is 0 Å². The first-order valence-corrected chi connectivity index (χ1v) is 12.3. The number of benzene rings is 2. The van der Waals surface area contributed by atoms with Gasteiger partial charge in [0.2, 0.25) is 26.0 Å². The van der Waals surface area contributed by atoms with Gasteiger partial charge in [-0.1, -0.05) is 35.9 Å². The van der Waals surface area contributed by atoms with Gasteiger partial charge < -0.3 is 5.32 Å². The molecule has 0 radical (unpaired) electrons. The topological polar surface area (TPSA) is 113 Å². The van der Waals surface area contributed by atoms with Crippen LogP contribution in [0.2, 0.25) is 5.02 Å². The second-order valence-corrected chi connectivity index (χ2v) is 11.0. The van der Waals surface area contributed by atoms with Crippen LogP contribution < -0.4 is 10.0 Å². The minimum absolute atomic E-state index is 0.0480. The molecule has 1 amide bonds. The molecule has 0 spiro atoms. The summed E-state index contributed by atoms with van der Waals surface area (Å²) in [4.78, 5) is 12.3. The highest BCUT2D eigenvalue weighted by atomic mass is 35.5. The van der Waals surface area contributed by atoms with E-state index in [4.69, 9.17) is 11.6 Å². The monoisotopic (exact) mass is 473 g/mol. The Morgan fingerprint density at radius 2 is 1.63 bits per heavy atom. The number of halogens is 1. The number of amides is 1. The third-order valence-electron chi connectivity index (χ3n) is 4.31. The Morgan fingerprint density at radius 1 is 1.03 bits per heavy atom. The Bertz CT molecular complexity index is 1100. The Balaban J connectivity index is 1.91. The molecule has 0 aliphatic rings. The number of sulfonamides is 2. The summed E-state index contributed by atoms with van der Waals surface area (Å²) in [5.74, 6) is -0.352. The molecule has 8 nitrogen and oxygen atoms in total. The lowest BCUT2D eigenvalue weighted by Crippen LogP contribution is -2.32. The molecule has 0 fully saturated rings. The molecule has 1 unspecified atom stereocenters. The normalized spacial score (nSPS) is 13.2. The molecule has 0 bridgehead atoms. The molecule has 2 rings (SSSR count). The second kappa shape index (κ2) is 9.88. The summed E-state index contributed by atoms with van der Waals surface area (Å²) >= 11 is 5.90. The van der Waals surface area contributed by atoms with Crippen molar-refractivity contribution in [2.45, 2.75) is 29.2 Å². The molecule has 164 valence electrons. The van der Waals surface area contributed by atoms with Crippen LogP contribution in [0.3, 0.4) is 0 Å². The number of rotatable bonds is 9. The van der Waals surface area contributed by atoms with Crippen LogP contribution in [0, 0.1) is 0 Å².